The van der Waals surface area contributed by atoms with E-state index in [-0.39, 0.29) is 12.2 Å². The van der Waals surface area contributed by atoms with E-state index in [4.69, 9.17) is 0 Å². The standard InChI is InChI=1S/C20H23F2N3O4S/c1-14(20(27)23-2)24(12-15-7-9-16(21)10-8-15)19(26)13-25(30(3,28)29)18-6-4-5-17(22)11-18/h4-11,14H,12-13H2,1-3H3,(H,23,27). The Labute approximate surface area is 174 Å². The second-order valence-corrected chi connectivity index (χ2v) is 8.59. The maximum Gasteiger partial charge on any atom is 0.244 e. The van der Waals surface area contributed by atoms with E-state index in [0.29, 0.717) is 5.56 Å². The van der Waals surface area contributed by atoms with Gasteiger partial charge in [-0.25, -0.2) is 17.2 Å². The highest BCUT2D eigenvalue weighted by Crippen LogP contribution is 2.20. The summed E-state index contributed by atoms with van der Waals surface area (Å²) < 4.78 is 52.1. The van der Waals surface area contributed by atoms with Crippen LogP contribution >= 0.6 is 0 Å². The van der Waals surface area contributed by atoms with Gasteiger partial charge in [-0.2, -0.15) is 0 Å². The Morgan fingerprint density at radius 1 is 1.07 bits per heavy atom. The van der Waals surface area contributed by atoms with Crippen LogP contribution in [0.4, 0.5) is 14.5 Å². The van der Waals surface area contributed by atoms with E-state index in [9.17, 15) is 26.8 Å². The number of nitrogens with zero attached hydrogens (tertiary/aromatic N) is 2. The highest BCUT2D eigenvalue weighted by Gasteiger charge is 2.29. The fourth-order valence-electron chi connectivity index (χ4n) is 2.82. The second-order valence-electron chi connectivity index (χ2n) is 6.69. The van der Waals surface area contributed by atoms with E-state index in [1.165, 1.54) is 55.3 Å². The van der Waals surface area contributed by atoms with Crippen molar-refractivity contribution in [3.63, 3.8) is 0 Å². The first-order valence-electron chi connectivity index (χ1n) is 9.01. The number of benzene rings is 2. The Bertz CT molecular complexity index is 1010. The summed E-state index contributed by atoms with van der Waals surface area (Å²) in [6.45, 7) is 0.812. The number of nitrogens with one attached hydrogen (secondary N) is 1. The summed E-state index contributed by atoms with van der Waals surface area (Å²) in [5.74, 6) is -2.24. The van der Waals surface area contributed by atoms with Gasteiger partial charge >= 0.3 is 0 Å². The van der Waals surface area contributed by atoms with Crippen molar-refractivity contribution in [2.24, 2.45) is 0 Å². The molecule has 1 unspecified atom stereocenters. The van der Waals surface area contributed by atoms with Crippen molar-refractivity contribution in [1.82, 2.24) is 10.2 Å². The Morgan fingerprint density at radius 2 is 1.70 bits per heavy atom. The minimum absolute atomic E-state index is 0.0137. The molecule has 10 heteroatoms. The van der Waals surface area contributed by atoms with Crippen molar-refractivity contribution in [2.75, 3.05) is 24.2 Å². The summed E-state index contributed by atoms with van der Waals surface area (Å²) >= 11 is 0. The molecule has 0 saturated carbocycles. The van der Waals surface area contributed by atoms with Crippen LogP contribution in [0.1, 0.15) is 12.5 Å². The zero-order chi connectivity index (χ0) is 22.5. The molecule has 0 aliphatic heterocycles. The third-order valence-corrected chi connectivity index (χ3v) is 5.60. The van der Waals surface area contributed by atoms with Crippen LogP contribution in [-0.2, 0) is 26.2 Å². The first-order valence-corrected chi connectivity index (χ1v) is 10.9. The van der Waals surface area contributed by atoms with Crippen LogP contribution in [-0.4, -0.2) is 51.0 Å². The van der Waals surface area contributed by atoms with Gasteiger partial charge in [-0.15, -0.1) is 0 Å². The van der Waals surface area contributed by atoms with Crippen LogP contribution in [0.25, 0.3) is 0 Å². The number of amides is 2. The minimum atomic E-state index is -3.92. The van der Waals surface area contributed by atoms with Gasteiger partial charge in [0.2, 0.25) is 21.8 Å². The number of rotatable bonds is 8. The van der Waals surface area contributed by atoms with E-state index in [0.717, 1.165) is 22.7 Å². The molecule has 2 amide bonds. The molecule has 0 heterocycles. The molecule has 0 aliphatic rings. The Balaban J connectivity index is 2.36. The van der Waals surface area contributed by atoms with Crippen LogP contribution in [0.15, 0.2) is 48.5 Å². The SMILES string of the molecule is CNC(=O)C(C)N(Cc1ccc(F)cc1)C(=O)CN(c1cccc(F)c1)S(C)(=O)=O. The second kappa shape index (κ2) is 9.66. The molecule has 0 radical (unpaired) electrons. The van der Waals surface area contributed by atoms with Crippen LogP contribution in [0, 0.1) is 11.6 Å². The number of likely N-dealkylation sites (N-methyl/N-ethyl adjacent to an activating group) is 1. The normalized spacial score (nSPS) is 12.2. The predicted octanol–water partition coefficient (Wildman–Crippen LogP) is 1.89. The molecule has 0 bridgehead atoms. The lowest BCUT2D eigenvalue weighted by Gasteiger charge is -2.31. The maximum atomic E-state index is 13.6. The van der Waals surface area contributed by atoms with Crippen molar-refractivity contribution >= 4 is 27.5 Å². The lowest BCUT2D eigenvalue weighted by atomic mass is 10.1. The van der Waals surface area contributed by atoms with Gasteiger partial charge in [-0.1, -0.05) is 18.2 Å². The van der Waals surface area contributed by atoms with Gasteiger partial charge in [-0.05, 0) is 42.8 Å². The Morgan fingerprint density at radius 3 is 2.23 bits per heavy atom. The summed E-state index contributed by atoms with van der Waals surface area (Å²) in [4.78, 5) is 26.4. The molecular formula is C20H23F2N3O4S. The molecule has 1 N–H and O–H groups in total. The average molecular weight is 439 g/mol. The Kier molecular flexibility index (Phi) is 7.49. The molecule has 0 fully saturated rings. The fraction of sp³-hybridized carbons (Fsp3) is 0.300. The predicted molar refractivity (Wildman–Crippen MR) is 109 cm³/mol. The maximum absolute atomic E-state index is 13.6. The third-order valence-electron chi connectivity index (χ3n) is 4.46. The van der Waals surface area contributed by atoms with Crippen LogP contribution < -0.4 is 9.62 Å². The number of sulfonamides is 1. The number of carbonyl (C=O) groups is 2. The van der Waals surface area contributed by atoms with Crippen molar-refractivity contribution < 1.29 is 26.8 Å². The first kappa shape index (κ1) is 23.3. The van der Waals surface area contributed by atoms with Crippen molar-refractivity contribution in [2.45, 2.75) is 19.5 Å². The summed E-state index contributed by atoms with van der Waals surface area (Å²) in [6.07, 6.45) is 0.900. The summed E-state index contributed by atoms with van der Waals surface area (Å²) in [7, 11) is -2.51. The number of anilines is 1. The van der Waals surface area contributed by atoms with E-state index < -0.39 is 46.1 Å². The van der Waals surface area contributed by atoms with Crippen molar-refractivity contribution in [3.05, 3.63) is 65.7 Å². The van der Waals surface area contributed by atoms with Gasteiger partial charge in [0.1, 0.15) is 24.2 Å². The molecule has 30 heavy (non-hydrogen) atoms. The van der Waals surface area contributed by atoms with Gasteiger partial charge < -0.3 is 10.2 Å². The summed E-state index contributed by atoms with van der Waals surface area (Å²) in [6, 6.07) is 9.29. The number of halogens is 2. The fourth-order valence-corrected chi connectivity index (χ4v) is 3.66. The van der Waals surface area contributed by atoms with Crippen molar-refractivity contribution in [3.8, 4) is 0 Å². The molecule has 0 saturated heterocycles. The van der Waals surface area contributed by atoms with E-state index >= 15 is 0 Å². The molecule has 7 nitrogen and oxygen atoms in total. The van der Waals surface area contributed by atoms with Gasteiger partial charge in [0, 0.05) is 13.6 Å². The molecule has 162 valence electrons. The molecule has 2 aromatic rings. The van der Waals surface area contributed by atoms with Crippen LogP contribution in [0.2, 0.25) is 0 Å². The first-order chi connectivity index (χ1) is 14.0. The molecule has 2 aromatic carbocycles. The minimum Gasteiger partial charge on any atom is -0.357 e. The molecule has 0 aromatic heterocycles. The Hall–Kier alpha value is -3.01. The molecule has 0 spiro atoms. The van der Waals surface area contributed by atoms with Crippen LogP contribution in [0.3, 0.4) is 0 Å². The molecule has 0 aliphatic carbocycles. The van der Waals surface area contributed by atoms with E-state index in [2.05, 4.69) is 5.32 Å². The lowest BCUT2D eigenvalue weighted by molar-refractivity contribution is -0.139. The number of hydrogen-bond acceptors (Lipinski definition) is 4. The van der Waals surface area contributed by atoms with E-state index in [1.54, 1.807) is 0 Å². The van der Waals surface area contributed by atoms with Crippen LogP contribution in [0.5, 0.6) is 0 Å². The van der Waals surface area contributed by atoms with Gasteiger partial charge in [0.05, 0.1) is 11.9 Å². The van der Waals surface area contributed by atoms with Gasteiger partial charge in [0.15, 0.2) is 0 Å². The zero-order valence-corrected chi connectivity index (χ0v) is 17.6. The largest absolute Gasteiger partial charge is 0.357 e. The smallest absolute Gasteiger partial charge is 0.244 e. The summed E-state index contributed by atoms with van der Waals surface area (Å²) in [5, 5.41) is 2.44. The lowest BCUT2D eigenvalue weighted by Crippen LogP contribution is -2.50. The molecule has 1 atom stereocenters. The highest BCUT2D eigenvalue weighted by atomic mass is 32.2. The van der Waals surface area contributed by atoms with Crippen molar-refractivity contribution in [1.29, 1.82) is 0 Å². The molecule has 2 rings (SSSR count). The quantitative estimate of drug-likeness (QED) is 0.681. The average Bonchev–Trinajstić information content (AvgIpc) is 2.69. The number of carbonyl (C=O) groups excluding carboxylic acids is 2. The number of hydrogen-bond donors (Lipinski definition) is 1. The zero-order valence-electron chi connectivity index (χ0n) is 16.8. The van der Waals surface area contributed by atoms with Gasteiger partial charge in [-0.3, -0.25) is 13.9 Å². The highest BCUT2D eigenvalue weighted by molar-refractivity contribution is 7.92. The van der Waals surface area contributed by atoms with Gasteiger partial charge in [0.25, 0.3) is 0 Å². The molecular weight excluding hydrogens is 416 g/mol. The third kappa shape index (κ3) is 5.99. The summed E-state index contributed by atoms with van der Waals surface area (Å²) in [5.41, 5.74) is 0.539. The topological polar surface area (TPSA) is 86.8 Å². The van der Waals surface area contributed by atoms with E-state index in [1.807, 2.05) is 0 Å². The monoisotopic (exact) mass is 439 g/mol.